The lowest BCUT2D eigenvalue weighted by Gasteiger charge is -2.15. The number of unbranched alkanes of at least 4 members (excludes halogenated alkanes) is 30. The van der Waals surface area contributed by atoms with E-state index in [0.29, 0.717) is 12.8 Å². The molecule has 0 heterocycles. The van der Waals surface area contributed by atoms with E-state index in [-0.39, 0.29) is 25.2 Å². The molecule has 0 aromatic rings. The maximum atomic E-state index is 12.2. The molecule has 0 bridgehead atoms. The van der Waals surface area contributed by atoms with Crippen LogP contribution in [0.15, 0.2) is 48.6 Å². The van der Waals surface area contributed by atoms with Crippen LogP contribution in [0.3, 0.4) is 0 Å². The molecule has 1 unspecified atom stereocenters. The Hall–Kier alpha value is -2.14. The molecule has 0 aliphatic heterocycles. The van der Waals surface area contributed by atoms with Gasteiger partial charge in [0.2, 0.25) is 0 Å². The quantitative estimate of drug-likeness (QED) is 0.0376. The summed E-state index contributed by atoms with van der Waals surface area (Å²) >= 11 is 0. The summed E-state index contributed by atoms with van der Waals surface area (Å²) in [5.41, 5.74) is 0. The highest BCUT2D eigenvalue weighted by Crippen LogP contribution is 2.17. The van der Waals surface area contributed by atoms with Crippen molar-refractivity contribution in [3.63, 3.8) is 0 Å². The van der Waals surface area contributed by atoms with Gasteiger partial charge in [0, 0.05) is 12.8 Å². The van der Waals surface area contributed by atoms with Crippen molar-refractivity contribution in [2.45, 2.75) is 264 Å². The van der Waals surface area contributed by atoms with Gasteiger partial charge in [0.05, 0.1) is 6.61 Å². The van der Waals surface area contributed by atoms with Crippen molar-refractivity contribution in [1.29, 1.82) is 0 Å². The average molecular weight is 813 g/mol. The third-order valence-corrected chi connectivity index (χ3v) is 11.1. The molecule has 58 heavy (non-hydrogen) atoms. The number of rotatable bonds is 46. The van der Waals surface area contributed by atoms with Gasteiger partial charge in [-0.25, -0.2) is 0 Å². The first-order chi connectivity index (χ1) is 28.6. The molecular weight excluding hydrogens is 717 g/mol. The Morgan fingerprint density at radius 2 is 0.741 bits per heavy atom. The molecule has 0 saturated heterocycles. The van der Waals surface area contributed by atoms with E-state index < -0.39 is 6.10 Å². The van der Waals surface area contributed by atoms with E-state index in [9.17, 15) is 14.7 Å². The summed E-state index contributed by atoms with van der Waals surface area (Å²) in [4.78, 5) is 24.4. The summed E-state index contributed by atoms with van der Waals surface area (Å²) in [5, 5.41) is 9.61. The summed E-state index contributed by atoms with van der Waals surface area (Å²) in [7, 11) is 0. The van der Waals surface area contributed by atoms with Crippen LogP contribution in [0.4, 0.5) is 0 Å². The van der Waals surface area contributed by atoms with E-state index in [4.69, 9.17) is 9.47 Å². The highest BCUT2D eigenvalue weighted by molar-refractivity contribution is 5.70. The van der Waals surface area contributed by atoms with Gasteiger partial charge in [-0.3, -0.25) is 9.59 Å². The number of aliphatic hydroxyl groups is 1. The van der Waals surface area contributed by atoms with Gasteiger partial charge in [0.1, 0.15) is 6.61 Å². The lowest BCUT2D eigenvalue weighted by Crippen LogP contribution is -2.28. The van der Waals surface area contributed by atoms with Crippen LogP contribution in [-0.2, 0) is 19.1 Å². The molecule has 5 heteroatoms. The Bertz CT molecular complexity index is 966. The van der Waals surface area contributed by atoms with Crippen LogP contribution in [0.5, 0.6) is 0 Å². The maximum Gasteiger partial charge on any atom is 0.306 e. The first kappa shape index (κ1) is 55.9. The maximum absolute atomic E-state index is 12.2. The van der Waals surface area contributed by atoms with Crippen LogP contribution in [0, 0.1) is 0 Å². The number of aliphatic hydroxyl groups excluding tert-OH is 1. The SMILES string of the molecule is CC/C=C\C/C=C\C/C=C\C/C=C\CCCCCCC(=O)OC(CO)COC(=O)CCCCCCCCCCCCCCCCCCCCCCCCCCCCC. The highest BCUT2D eigenvalue weighted by atomic mass is 16.6. The van der Waals surface area contributed by atoms with Crippen LogP contribution < -0.4 is 0 Å². The number of ether oxygens (including phenoxy) is 2. The normalized spacial score (nSPS) is 12.5. The van der Waals surface area contributed by atoms with E-state index in [1.54, 1.807) is 0 Å². The van der Waals surface area contributed by atoms with E-state index in [1.165, 1.54) is 154 Å². The topological polar surface area (TPSA) is 72.8 Å². The minimum Gasteiger partial charge on any atom is -0.462 e. The summed E-state index contributed by atoms with van der Waals surface area (Å²) in [6.45, 7) is 4.03. The standard InChI is InChI=1S/C53H96O5/c1-3-5-7-9-11-13-15-17-19-21-22-23-24-25-26-27-28-29-30-32-33-35-37-39-41-43-45-47-52(55)57-50-51(49-54)58-53(56)48-46-44-42-40-38-36-34-31-20-18-16-14-12-10-8-6-4-2/h6,8,12,14,18,20,34,36,51,54H,3-5,7,9-11,13,15-17,19,21-33,35,37-50H2,1-2H3/b8-6-,14-12-,20-18-,36-34-. The second kappa shape index (κ2) is 49.2. The van der Waals surface area contributed by atoms with E-state index in [1.807, 2.05) is 0 Å². The average Bonchev–Trinajstić information content (AvgIpc) is 3.23. The second-order valence-electron chi connectivity index (χ2n) is 16.9. The fourth-order valence-corrected chi connectivity index (χ4v) is 7.37. The number of carbonyl (C=O) groups excluding carboxylic acids is 2. The third kappa shape index (κ3) is 46.5. The number of esters is 2. The van der Waals surface area contributed by atoms with Crippen molar-refractivity contribution < 1.29 is 24.2 Å². The number of hydrogen-bond acceptors (Lipinski definition) is 5. The molecule has 0 aromatic heterocycles. The Morgan fingerprint density at radius 3 is 1.12 bits per heavy atom. The molecule has 0 amide bonds. The molecule has 1 atom stereocenters. The zero-order chi connectivity index (χ0) is 42.1. The zero-order valence-corrected chi connectivity index (χ0v) is 38.6. The molecule has 0 saturated carbocycles. The van der Waals surface area contributed by atoms with E-state index in [2.05, 4.69) is 62.5 Å². The minimum absolute atomic E-state index is 0.0740. The molecule has 0 spiro atoms. The monoisotopic (exact) mass is 813 g/mol. The Balaban J connectivity index is 3.47. The summed E-state index contributed by atoms with van der Waals surface area (Å²) < 4.78 is 10.7. The van der Waals surface area contributed by atoms with Crippen molar-refractivity contribution in [2.75, 3.05) is 13.2 Å². The largest absolute Gasteiger partial charge is 0.462 e. The summed E-state index contributed by atoms with van der Waals surface area (Å²) in [5.74, 6) is -0.609. The van der Waals surface area contributed by atoms with Gasteiger partial charge in [-0.15, -0.1) is 0 Å². The smallest absolute Gasteiger partial charge is 0.306 e. The van der Waals surface area contributed by atoms with Crippen molar-refractivity contribution in [1.82, 2.24) is 0 Å². The van der Waals surface area contributed by atoms with Crippen LogP contribution in [0.2, 0.25) is 0 Å². The number of allylic oxidation sites excluding steroid dienone is 8. The molecular formula is C53H96O5. The van der Waals surface area contributed by atoms with Crippen molar-refractivity contribution >= 4 is 11.9 Å². The predicted octanol–water partition coefficient (Wildman–Crippen LogP) is 16.5. The fraction of sp³-hybridized carbons (Fsp3) is 0.811. The molecule has 0 rings (SSSR count). The van der Waals surface area contributed by atoms with Gasteiger partial charge >= 0.3 is 11.9 Å². The lowest BCUT2D eigenvalue weighted by atomic mass is 10.0. The van der Waals surface area contributed by atoms with Gasteiger partial charge in [-0.05, 0) is 51.4 Å². The van der Waals surface area contributed by atoms with Gasteiger partial charge in [-0.1, -0.05) is 242 Å². The predicted molar refractivity (Wildman–Crippen MR) is 251 cm³/mol. The zero-order valence-electron chi connectivity index (χ0n) is 38.6. The molecule has 5 nitrogen and oxygen atoms in total. The molecule has 0 radical (unpaired) electrons. The number of hydrogen-bond donors (Lipinski definition) is 1. The van der Waals surface area contributed by atoms with Crippen LogP contribution in [0.1, 0.15) is 258 Å². The first-order valence-electron chi connectivity index (χ1n) is 25.2. The van der Waals surface area contributed by atoms with Crippen LogP contribution in [-0.4, -0.2) is 36.4 Å². The van der Waals surface area contributed by atoms with Gasteiger partial charge in [0.25, 0.3) is 0 Å². The van der Waals surface area contributed by atoms with E-state index >= 15 is 0 Å². The fourth-order valence-electron chi connectivity index (χ4n) is 7.37. The lowest BCUT2D eigenvalue weighted by molar-refractivity contribution is -0.161. The first-order valence-corrected chi connectivity index (χ1v) is 25.2. The van der Waals surface area contributed by atoms with Gasteiger partial charge < -0.3 is 14.6 Å². The molecule has 0 aliphatic carbocycles. The summed E-state index contributed by atoms with van der Waals surface area (Å²) in [6.07, 6.45) is 63.6. The molecule has 0 aromatic carbocycles. The van der Waals surface area contributed by atoms with Crippen LogP contribution >= 0.6 is 0 Å². The van der Waals surface area contributed by atoms with Crippen molar-refractivity contribution in [3.8, 4) is 0 Å². The Labute approximate surface area is 360 Å². The van der Waals surface area contributed by atoms with E-state index in [0.717, 1.165) is 77.0 Å². The number of carbonyl (C=O) groups is 2. The molecule has 338 valence electrons. The molecule has 0 aliphatic rings. The van der Waals surface area contributed by atoms with Crippen LogP contribution in [0.25, 0.3) is 0 Å². The summed E-state index contributed by atoms with van der Waals surface area (Å²) in [6, 6.07) is 0. The second-order valence-corrected chi connectivity index (χ2v) is 16.9. The van der Waals surface area contributed by atoms with Crippen molar-refractivity contribution in [3.05, 3.63) is 48.6 Å². The Morgan fingerprint density at radius 1 is 0.414 bits per heavy atom. The van der Waals surface area contributed by atoms with Gasteiger partial charge in [-0.2, -0.15) is 0 Å². The third-order valence-electron chi connectivity index (χ3n) is 11.1. The highest BCUT2D eigenvalue weighted by Gasteiger charge is 2.16. The van der Waals surface area contributed by atoms with Crippen molar-refractivity contribution in [2.24, 2.45) is 0 Å². The van der Waals surface area contributed by atoms with Gasteiger partial charge in [0.15, 0.2) is 6.10 Å². The Kier molecular flexibility index (Phi) is 47.4. The molecule has 1 N–H and O–H groups in total. The minimum atomic E-state index is -0.784. The molecule has 0 fully saturated rings.